The standard InChI is InChI=1S/C20H15F5N2O4S/c21-13-5-6-14(22)17(9-13)32(29,30)27-11-16(31-19(28)20(23,24)25)18-12(3-1-4-15(18)27)10-26-7-2-8-26/h1,3-6,9,11H,2,7-8,10H2. The molecule has 1 aliphatic rings. The minimum atomic E-state index is -5.33. The van der Waals surface area contributed by atoms with Crippen LogP contribution in [0.4, 0.5) is 22.0 Å². The summed E-state index contributed by atoms with van der Waals surface area (Å²) in [4.78, 5) is 12.4. The number of rotatable bonds is 5. The maximum Gasteiger partial charge on any atom is 0.491 e. The van der Waals surface area contributed by atoms with Gasteiger partial charge in [0.05, 0.1) is 11.7 Å². The first-order valence-corrected chi connectivity index (χ1v) is 10.8. The first-order chi connectivity index (χ1) is 15.0. The van der Waals surface area contributed by atoms with E-state index in [2.05, 4.69) is 4.74 Å². The maximum atomic E-state index is 14.2. The van der Waals surface area contributed by atoms with Crippen LogP contribution in [0.25, 0.3) is 10.9 Å². The van der Waals surface area contributed by atoms with Gasteiger partial charge in [0.25, 0.3) is 10.0 Å². The molecule has 170 valence electrons. The smallest absolute Gasteiger partial charge is 0.418 e. The van der Waals surface area contributed by atoms with Crippen LogP contribution in [-0.4, -0.2) is 42.5 Å². The van der Waals surface area contributed by atoms with Gasteiger partial charge in [-0.2, -0.15) is 13.2 Å². The van der Waals surface area contributed by atoms with Gasteiger partial charge in [-0.1, -0.05) is 12.1 Å². The highest BCUT2D eigenvalue weighted by atomic mass is 32.2. The fraction of sp³-hybridized carbons (Fsp3) is 0.250. The second-order valence-electron chi connectivity index (χ2n) is 7.20. The molecule has 6 nitrogen and oxygen atoms in total. The Morgan fingerprint density at radius 3 is 2.44 bits per heavy atom. The Morgan fingerprint density at radius 1 is 1.09 bits per heavy atom. The lowest BCUT2D eigenvalue weighted by Gasteiger charge is -2.30. The van der Waals surface area contributed by atoms with Crippen LogP contribution in [0.1, 0.15) is 12.0 Å². The number of carbonyl (C=O) groups is 1. The van der Waals surface area contributed by atoms with Gasteiger partial charge in [-0.3, -0.25) is 4.90 Å². The van der Waals surface area contributed by atoms with Gasteiger partial charge >= 0.3 is 12.1 Å². The van der Waals surface area contributed by atoms with Crippen molar-refractivity contribution in [2.75, 3.05) is 13.1 Å². The molecule has 0 spiro atoms. The predicted molar refractivity (Wildman–Crippen MR) is 102 cm³/mol. The average molecular weight is 474 g/mol. The quantitative estimate of drug-likeness (QED) is 0.416. The van der Waals surface area contributed by atoms with Crippen molar-refractivity contribution in [3.8, 4) is 5.75 Å². The number of likely N-dealkylation sites (tertiary alicyclic amines) is 1. The first kappa shape index (κ1) is 22.2. The zero-order chi connectivity index (χ0) is 23.3. The Hall–Kier alpha value is -2.99. The van der Waals surface area contributed by atoms with Crippen molar-refractivity contribution in [3.63, 3.8) is 0 Å². The Morgan fingerprint density at radius 2 is 1.81 bits per heavy atom. The Bertz CT molecular complexity index is 1310. The molecule has 4 rings (SSSR count). The van der Waals surface area contributed by atoms with Gasteiger partial charge in [0.1, 0.15) is 16.5 Å². The van der Waals surface area contributed by atoms with E-state index >= 15 is 0 Å². The highest BCUT2D eigenvalue weighted by Crippen LogP contribution is 2.36. The van der Waals surface area contributed by atoms with Gasteiger partial charge in [0, 0.05) is 11.9 Å². The maximum absolute atomic E-state index is 14.2. The molecule has 3 aromatic rings. The Kier molecular flexibility index (Phi) is 5.45. The van der Waals surface area contributed by atoms with Gasteiger partial charge in [-0.05, 0) is 49.3 Å². The second-order valence-corrected chi connectivity index (χ2v) is 8.98. The molecular formula is C20H15F5N2O4S. The SMILES string of the molecule is O=C(Oc1cn(S(=O)(=O)c2cc(F)ccc2F)c2cccc(CN3CCC3)c12)C(F)(F)F. The number of hydrogen-bond acceptors (Lipinski definition) is 5. The molecule has 1 fully saturated rings. The highest BCUT2D eigenvalue weighted by Gasteiger charge is 2.42. The summed E-state index contributed by atoms with van der Waals surface area (Å²) in [5.41, 5.74) is 0.275. The molecule has 1 aromatic heterocycles. The van der Waals surface area contributed by atoms with E-state index in [1.165, 1.54) is 12.1 Å². The Labute approximate surface area is 178 Å². The molecule has 0 bridgehead atoms. The van der Waals surface area contributed by atoms with Crippen molar-refractivity contribution in [3.05, 3.63) is 59.8 Å². The normalized spacial score (nSPS) is 15.0. The third kappa shape index (κ3) is 3.95. The largest absolute Gasteiger partial charge is 0.491 e. The van der Waals surface area contributed by atoms with E-state index in [1.54, 1.807) is 6.07 Å². The van der Waals surface area contributed by atoms with Crippen LogP contribution in [0.5, 0.6) is 5.75 Å². The van der Waals surface area contributed by atoms with E-state index in [9.17, 15) is 35.2 Å². The summed E-state index contributed by atoms with van der Waals surface area (Å²) in [5.74, 6) is -5.47. The summed E-state index contributed by atoms with van der Waals surface area (Å²) in [6.45, 7) is 1.75. The molecule has 0 atom stereocenters. The van der Waals surface area contributed by atoms with E-state index in [0.29, 0.717) is 27.9 Å². The van der Waals surface area contributed by atoms with Gasteiger partial charge in [0.2, 0.25) is 0 Å². The summed E-state index contributed by atoms with van der Waals surface area (Å²) in [5, 5.41) is -0.0441. The summed E-state index contributed by atoms with van der Waals surface area (Å²) in [7, 11) is -4.79. The molecule has 0 N–H and O–H groups in total. The van der Waals surface area contributed by atoms with Crippen molar-refractivity contribution < 1.29 is 39.9 Å². The molecule has 0 aliphatic carbocycles. The molecule has 1 aliphatic heterocycles. The van der Waals surface area contributed by atoms with Crippen LogP contribution >= 0.6 is 0 Å². The lowest BCUT2D eigenvalue weighted by Crippen LogP contribution is -2.36. The van der Waals surface area contributed by atoms with Crippen LogP contribution in [-0.2, 0) is 21.4 Å². The fourth-order valence-corrected chi connectivity index (χ4v) is 4.86. The zero-order valence-electron chi connectivity index (χ0n) is 16.2. The third-order valence-corrected chi connectivity index (χ3v) is 6.74. The number of alkyl halides is 3. The van der Waals surface area contributed by atoms with Crippen molar-refractivity contribution >= 4 is 26.9 Å². The van der Waals surface area contributed by atoms with Crippen molar-refractivity contribution in [2.45, 2.75) is 24.0 Å². The lowest BCUT2D eigenvalue weighted by molar-refractivity contribution is -0.189. The van der Waals surface area contributed by atoms with Crippen LogP contribution in [0.2, 0.25) is 0 Å². The van der Waals surface area contributed by atoms with Gasteiger partial charge in [0.15, 0.2) is 5.75 Å². The summed E-state index contributed by atoms with van der Waals surface area (Å²) >= 11 is 0. The summed E-state index contributed by atoms with van der Waals surface area (Å²) in [6, 6.07) is 6.11. The molecule has 2 aromatic carbocycles. The molecule has 0 amide bonds. The molecule has 32 heavy (non-hydrogen) atoms. The molecule has 0 radical (unpaired) electrons. The van der Waals surface area contributed by atoms with Crippen LogP contribution < -0.4 is 4.74 Å². The number of ether oxygens (including phenoxy) is 1. The van der Waals surface area contributed by atoms with E-state index in [-0.39, 0.29) is 17.4 Å². The van der Waals surface area contributed by atoms with E-state index < -0.39 is 44.4 Å². The average Bonchev–Trinajstić information content (AvgIpc) is 3.06. The number of esters is 1. The van der Waals surface area contributed by atoms with Crippen molar-refractivity contribution in [2.24, 2.45) is 0 Å². The number of benzene rings is 2. The number of aromatic nitrogens is 1. The van der Waals surface area contributed by atoms with Gasteiger partial charge in [-0.15, -0.1) is 0 Å². The van der Waals surface area contributed by atoms with Gasteiger partial charge in [-0.25, -0.2) is 26.0 Å². The summed E-state index contributed by atoms with van der Waals surface area (Å²) < 4.78 is 97.5. The number of hydrogen-bond donors (Lipinski definition) is 0. The van der Waals surface area contributed by atoms with Crippen LogP contribution in [0, 0.1) is 11.6 Å². The molecule has 1 saturated heterocycles. The lowest BCUT2D eigenvalue weighted by atomic mass is 10.1. The fourth-order valence-electron chi connectivity index (χ4n) is 3.42. The topological polar surface area (TPSA) is 68.6 Å². The highest BCUT2D eigenvalue weighted by molar-refractivity contribution is 7.90. The predicted octanol–water partition coefficient (Wildman–Crippen LogP) is 3.83. The van der Waals surface area contributed by atoms with E-state index in [4.69, 9.17) is 0 Å². The van der Waals surface area contributed by atoms with E-state index in [0.717, 1.165) is 25.6 Å². The molecule has 0 saturated carbocycles. The van der Waals surface area contributed by atoms with Crippen LogP contribution in [0.3, 0.4) is 0 Å². The zero-order valence-corrected chi connectivity index (χ0v) is 17.0. The minimum Gasteiger partial charge on any atom is -0.418 e. The third-order valence-electron chi connectivity index (χ3n) is 5.05. The first-order valence-electron chi connectivity index (χ1n) is 9.33. The number of carbonyl (C=O) groups excluding carboxylic acids is 1. The van der Waals surface area contributed by atoms with Crippen molar-refractivity contribution in [1.29, 1.82) is 0 Å². The van der Waals surface area contributed by atoms with E-state index in [1.807, 2.05) is 4.90 Å². The molecular weight excluding hydrogens is 459 g/mol. The van der Waals surface area contributed by atoms with Gasteiger partial charge < -0.3 is 4.74 Å². The molecule has 12 heteroatoms. The Balaban J connectivity index is 1.92. The molecule has 0 unspecified atom stereocenters. The second kappa shape index (κ2) is 7.85. The summed E-state index contributed by atoms with van der Waals surface area (Å²) in [6.07, 6.45) is -3.73. The number of halogens is 5. The number of fused-ring (bicyclic) bond motifs is 1. The van der Waals surface area contributed by atoms with Crippen molar-refractivity contribution in [1.82, 2.24) is 8.87 Å². The molecule has 2 heterocycles. The monoisotopic (exact) mass is 474 g/mol. The number of nitrogens with zero attached hydrogens (tertiary/aromatic N) is 2. The minimum absolute atomic E-state index is 0.0441. The van der Waals surface area contributed by atoms with Crippen LogP contribution in [0.15, 0.2) is 47.5 Å².